The van der Waals surface area contributed by atoms with E-state index in [0.717, 1.165) is 0 Å². The second-order valence-electron chi connectivity index (χ2n) is 1.46. The molecule has 0 saturated heterocycles. The van der Waals surface area contributed by atoms with Crippen molar-refractivity contribution in [3.8, 4) is 12.1 Å². The summed E-state index contributed by atoms with van der Waals surface area (Å²) in [6, 6.07) is 3.40. The minimum absolute atomic E-state index is 0.597. The molecule has 0 atom stereocenters. The van der Waals surface area contributed by atoms with Gasteiger partial charge in [0.05, 0.1) is 0 Å². The summed E-state index contributed by atoms with van der Waals surface area (Å²) in [6.07, 6.45) is 4.42. The molecule has 1 nitrogen and oxygen atoms in total. The first-order valence-corrected chi connectivity index (χ1v) is 2.45. The average molecular weight is 121 g/mol. The van der Waals surface area contributed by atoms with E-state index in [2.05, 4.69) is 10.9 Å². The summed E-state index contributed by atoms with van der Waals surface area (Å²) >= 11 is 0. The van der Waals surface area contributed by atoms with E-state index in [1.807, 2.05) is 0 Å². The molecule has 0 N–H and O–H groups in total. The van der Waals surface area contributed by atoms with E-state index in [9.17, 15) is 4.39 Å². The number of halogens is 1. The van der Waals surface area contributed by atoms with Crippen molar-refractivity contribution >= 4 is 0 Å². The highest BCUT2D eigenvalue weighted by Crippen LogP contribution is 1.90. The summed E-state index contributed by atoms with van der Waals surface area (Å²) in [5.74, 6) is 2.23. The Kier molecular flexibility index (Phi) is 1.81. The van der Waals surface area contributed by atoms with Gasteiger partial charge in [-0.15, -0.1) is 4.39 Å². The topological polar surface area (TPSA) is 12.9 Å². The fraction of sp³-hybridized carbons (Fsp3) is 0. The molecule has 1 aromatic rings. The summed E-state index contributed by atoms with van der Waals surface area (Å²) in [4.78, 5) is 3.73. The van der Waals surface area contributed by atoms with Gasteiger partial charge in [0.2, 0.25) is 0 Å². The van der Waals surface area contributed by atoms with Crippen molar-refractivity contribution in [3.63, 3.8) is 0 Å². The zero-order valence-corrected chi connectivity index (χ0v) is 4.63. The van der Waals surface area contributed by atoms with E-state index >= 15 is 0 Å². The van der Waals surface area contributed by atoms with Crippen LogP contribution < -0.4 is 0 Å². The van der Waals surface area contributed by atoms with Crippen LogP contribution in [0.1, 0.15) is 5.56 Å². The Bertz CT molecular complexity index is 232. The minimum Gasteiger partial charge on any atom is -0.263 e. The Labute approximate surface area is 52.5 Å². The third-order valence-electron chi connectivity index (χ3n) is 0.853. The van der Waals surface area contributed by atoms with Gasteiger partial charge in [0.1, 0.15) is 6.17 Å². The van der Waals surface area contributed by atoms with E-state index in [1.54, 1.807) is 18.3 Å². The zero-order valence-electron chi connectivity index (χ0n) is 4.63. The molecule has 1 aromatic heterocycles. The highest BCUT2D eigenvalue weighted by Gasteiger charge is 1.79. The lowest BCUT2D eigenvalue weighted by molar-refractivity contribution is 0.773. The van der Waals surface area contributed by atoms with Crippen molar-refractivity contribution in [2.75, 3.05) is 0 Å². The van der Waals surface area contributed by atoms with Crippen molar-refractivity contribution < 1.29 is 4.39 Å². The number of aromatic nitrogens is 1. The quantitative estimate of drug-likeness (QED) is 0.472. The van der Waals surface area contributed by atoms with Gasteiger partial charge >= 0.3 is 0 Å². The third kappa shape index (κ3) is 1.54. The Balaban J connectivity index is 2.94. The largest absolute Gasteiger partial charge is 0.263 e. The molecule has 0 aliphatic heterocycles. The summed E-state index contributed by atoms with van der Waals surface area (Å²) in [5, 5.41) is 0. The molecule has 0 fully saturated rings. The molecule has 1 rings (SSSR count). The smallest absolute Gasteiger partial charge is 0.111 e. The molecule has 0 spiro atoms. The van der Waals surface area contributed by atoms with Crippen LogP contribution in [0.5, 0.6) is 0 Å². The normalized spacial score (nSPS) is 7.67. The predicted octanol–water partition coefficient (Wildman–Crippen LogP) is 1.36. The second-order valence-corrected chi connectivity index (χ2v) is 1.46. The Morgan fingerprint density at radius 1 is 1.56 bits per heavy atom. The van der Waals surface area contributed by atoms with Gasteiger partial charge in [-0.2, -0.15) is 0 Å². The Hall–Kier alpha value is -1.36. The SMILES string of the molecule is FC#Cc1cccnc1. The lowest BCUT2D eigenvalue weighted by Gasteiger charge is -1.82. The molecular weight excluding hydrogens is 117 g/mol. The van der Waals surface area contributed by atoms with Crippen molar-refractivity contribution in [1.29, 1.82) is 0 Å². The maximum absolute atomic E-state index is 11.3. The molecule has 0 amide bonds. The predicted molar refractivity (Wildman–Crippen MR) is 32.2 cm³/mol. The van der Waals surface area contributed by atoms with Gasteiger partial charge in [-0.25, -0.2) is 0 Å². The first-order chi connectivity index (χ1) is 4.43. The summed E-state index contributed by atoms with van der Waals surface area (Å²) in [7, 11) is 0. The van der Waals surface area contributed by atoms with E-state index in [0.29, 0.717) is 5.56 Å². The fourth-order valence-corrected chi connectivity index (χ4v) is 0.491. The molecular formula is C7H4FN. The van der Waals surface area contributed by atoms with E-state index in [-0.39, 0.29) is 0 Å². The van der Waals surface area contributed by atoms with Crippen LogP contribution in [0.4, 0.5) is 4.39 Å². The molecule has 0 saturated carbocycles. The van der Waals surface area contributed by atoms with Crippen molar-refractivity contribution in [1.82, 2.24) is 4.98 Å². The van der Waals surface area contributed by atoms with Gasteiger partial charge in [-0.1, -0.05) is 0 Å². The third-order valence-corrected chi connectivity index (χ3v) is 0.853. The monoisotopic (exact) mass is 121 g/mol. The maximum Gasteiger partial charge on any atom is 0.111 e. The van der Waals surface area contributed by atoms with Crippen molar-refractivity contribution in [3.05, 3.63) is 30.1 Å². The Morgan fingerprint density at radius 2 is 2.44 bits per heavy atom. The number of nitrogens with zero attached hydrogens (tertiary/aromatic N) is 1. The van der Waals surface area contributed by atoms with Crippen LogP contribution in [-0.4, -0.2) is 4.98 Å². The molecule has 0 radical (unpaired) electrons. The lowest BCUT2D eigenvalue weighted by atomic mass is 10.3. The molecule has 2 heteroatoms. The molecule has 0 unspecified atom stereocenters. The summed E-state index contributed by atoms with van der Waals surface area (Å²) in [5.41, 5.74) is 0.597. The van der Waals surface area contributed by atoms with Gasteiger partial charge in [0, 0.05) is 18.0 Å². The van der Waals surface area contributed by atoms with Crippen LogP contribution in [0, 0.1) is 12.1 Å². The van der Waals surface area contributed by atoms with Gasteiger partial charge in [-0.3, -0.25) is 4.98 Å². The molecule has 0 aliphatic carbocycles. The standard InChI is InChI=1S/C7H4FN/c8-4-3-7-2-1-5-9-6-7/h1-2,5-6H. The molecule has 9 heavy (non-hydrogen) atoms. The van der Waals surface area contributed by atoms with Gasteiger partial charge in [0.15, 0.2) is 0 Å². The molecule has 0 aromatic carbocycles. The molecule has 44 valence electrons. The van der Waals surface area contributed by atoms with E-state index in [1.165, 1.54) is 12.4 Å². The van der Waals surface area contributed by atoms with Crippen molar-refractivity contribution in [2.45, 2.75) is 0 Å². The first-order valence-electron chi connectivity index (χ1n) is 2.45. The van der Waals surface area contributed by atoms with Crippen LogP contribution in [0.3, 0.4) is 0 Å². The first kappa shape index (κ1) is 5.77. The van der Waals surface area contributed by atoms with Crippen molar-refractivity contribution in [2.24, 2.45) is 0 Å². The minimum atomic E-state index is 0.597. The Morgan fingerprint density at radius 3 is 3.00 bits per heavy atom. The maximum atomic E-state index is 11.3. The van der Waals surface area contributed by atoms with Crippen LogP contribution in [0.2, 0.25) is 0 Å². The van der Waals surface area contributed by atoms with E-state index in [4.69, 9.17) is 0 Å². The van der Waals surface area contributed by atoms with Gasteiger partial charge < -0.3 is 0 Å². The number of pyridine rings is 1. The van der Waals surface area contributed by atoms with Crippen LogP contribution in [0.15, 0.2) is 24.5 Å². The highest BCUT2D eigenvalue weighted by molar-refractivity contribution is 5.29. The second kappa shape index (κ2) is 2.83. The number of hydrogen-bond donors (Lipinski definition) is 0. The zero-order chi connectivity index (χ0) is 6.53. The number of hydrogen-bond acceptors (Lipinski definition) is 1. The summed E-state index contributed by atoms with van der Waals surface area (Å²) < 4.78 is 11.3. The average Bonchev–Trinajstić information content (AvgIpc) is 1.91. The molecule has 0 bridgehead atoms. The van der Waals surface area contributed by atoms with Gasteiger partial charge in [0.25, 0.3) is 0 Å². The lowest BCUT2D eigenvalue weighted by Crippen LogP contribution is -1.72. The molecule has 1 heterocycles. The van der Waals surface area contributed by atoms with E-state index < -0.39 is 0 Å². The van der Waals surface area contributed by atoms with Crippen LogP contribution in [-0.2, 0) is 0 Å². The molecule has 0 aliphatic rings. The fourth-order valence-electron chi connectivity index (χ4n) is 0.491. The van der Waals surface area contributed by atoms with Crippen LogP contribution in [0.25, 0.3) is 0 Å². The highest BCUT2D eigenvalue weighted by atomic mass is 19.1. The summed E-state index contributed by atoms with van der Waals surface area (Å²) in [6.45, 7) is 0. The van der Waals surface area contributed by atoms with Crippen LogP contribution >= 0.6 is 0 Å². The van der Waals surface area contributed by atoms with Gasteiger partial charge in [-0.05, 0) is 18.1 Å². The number of rotatable bonds is 0.